The van der Waals surface area contributed by atoms with E-state index in [-0.39, 0.29) is 28.6 Å². The standard InChI is InChI=1S/C12H9O2.C5H5.Fe/c13-11-8-4-3-7-10(11)12(14)9-5-1-2-6-9;1-2-4-5-3-1;/h1-8,13H;1-5H;/q-1;-5;. The Morgan fingerprint density at radius 2 is 1.40 bits per heavy atom. The molecule has 0 unspecified atom stereocenters. The summed E-state index contributed by atoms with van der Waals surface area (Å²) in [7, 11) is 0. The zero-order chi connectivity index (χ0) is 13.5. The molecule has 3 rings (SSSR count). The van der Waals surface area contributed by atoms with Crippen LogP contribution < -0.4 is 0 Å². The van der Waals surface area contributed by atoms with Crippen LogP contribution in [0.5, 0.6) is 5.75 Å². The van der Waals surface area contributed by atoms with E-state index < -0.39 is 0 Å². The average Bonchev–Trinajstić information content (AvgIpc) is 3.14. The maximum Gasteiger partial charge on any atom is 0.116 e. The van der Waals surface area contributed by atoms with Crippen molar-refractivity contribution in [3.8, 4) is 5.75 Å². The van der Waals surface area contributed by atoms with E-state index in [9.17, 15) is 9.90 Å². The second-order valence-electron chi connectivity index (χ2n) is 3.98. The van der Waals surface area contributed by atoms with Crippen molar-refractivity contribution in [2.24, 2.45) is 0 Å². The maximum atomic E-state index is 11.8. The van der Waals surface area contributed by atoms with Crippen LogP contribution in [0, 0.1) is 0 Å². The molecule has 3 aromatic rings. The fraction of sp³-hybridized carbons (Fsp3) is 0. The number of ketones is 1. The van der Waals surface area contributed by atoms with Crippen LogP contribution in [0.15, 0.2) is 78.9 Å². The van der Waals surface area contributed by atoms with Gasteiger partial charge in [0.25, 0.3) is 0 Å². The molecule has 108 valence electrons. The molecular weight excluding hydrogens is 292 g/mol. The Labute approximate surface area is 128 Å². The first-order chi connectivity index (χ1) is 9.29. The molecule has 20 heavy (non-hydrogen) atoms. The summed E-state index contributed by atoms with van der Waals surface area (Å²) in [5, 5.41) is 9.46. The Hall–Kier alpha value is -2.09. The summed E-state index contributed by atoms with van der Waals surface area (Å²) in [4.78, 5) is 11.8. The van der Waals surface area contributed by atoms with E-state index in [1.165, 1.54) is 6.07 Å². The topological polar surface area (TPSA) is 37.3 Å². The molecule has 0 amide bonds. The Morgan fingerprint density at radius 1 is 0.900 bits per heavy atom. The maximum absolute atomic E-state index is 11.8. The molecular formula is C17H14FeO2-6. The molecule has 0 aliphatic carbocycles. The fourth-order valence-corrected chi connectivity index (χ4v) is 1.67. The predicted molar refractivity (Wildman–Crippen MR) is 75.6 cm³/mol. The van der Waals surface area contributed by atoms with Crippen LogP contribution in [0.4, 0.5) is 0 Å². The van der Waals surface area contributed by atoms with Crippen LogP contribution in [-0.4, -0.2) is 10.9 Å². The van der Waals surface area contributed by atoms with Gasteiger partial charge in [-0.15, -0.1) is 12.1 Å². The summed E-state index contributed by atoms with van der Waals surface area (Å²) in [5.74, 6) is -0.119. The minimum absolute atomic E-state index is 0. The van der Waals surface area contributed by atoms with Crippen LogP contribution in [0.3, 0.4) is 0 Å². The first kappa shape index (κ1) is 16.0. The number of carbonyl (C=O) groups is 1. The summed E-state index contributed by atoms with van der Waals surface area (Å²) in [6.07, 6.45) is 0. The smallest absolute Gasteiger partial charge is 0.116 e. The summed E-state index contributed by atoms with van der Waals surface area (Å²) in [5.41, 5.74) is 0.949. The van der Waals surface area contributed by atoms with Crippen molar-refractivity contribution in [1.82, 2.24) is 0 Å². The SMILES string of the molecule is O=C(c1ccccc1O)[c-]1cccc1.[Fe].[cH-]1[cH-][cH-][cH-][cH-]1. The van der Waals surface area contributed by atoms with Crippen molar-refractivity contribution in [1.29, 1.82) is 0 Å². The zero-order valence-electron chi connectivity index (χ0n) is 10.7. The third-order valence-electron chi connectivity index (χ3n) is 2.63. The van der Waals surface area contributed by atoms with E-state index in [2.05, 4.69) is 0 Å². The summed E-state index contributed by atoms with van der Waals surface area (Å²) < 4.78 is 0. The summed E-state index contributed by atoms with van der Waals surface area (Å²) in [6, 6.07) is 23.6. The Morgan fingerprint density at radius 3 is 1.90 bits per heavy atom. The molecule has 0 bridgehead atoms. The van der Waals surface area contributed by atoms with Gasteiger partial charge in [-0.05, 0) is 11.6 Å². The molecule has 0 saturated carbocycles. The van der Waals surface area contributed by atoms with Crippen LogP contribution >= 0.6 is 0 Å². The van der Waals surface area contributed by atoms with Crippen molar-refractivity contribution < 1.29 is 27.0 Å². The minimum Gasteiger partial charge on any atom is -0.748 e. The third kappa shape index (κ3) is 4.23. The molecule has 3 aromatic carbocycles. The molecule has 0 radical (unpaired) electrons. The van der Waals surface area contributed by atoms with Gasteiger partial charge in [0.15, 0.2) is 0 Å². The second-order valence-corrected chi connectivity index (χ2v) is 3.98. The largest absolute Gasteiger partial charge is 0.748 e. The monoisotopic (exact) mass is 306 g/mol. The van der Waals surface area contributed by atoms with Gasteiger partial charge in [-0.25, -0.2) is 0 Å². The van der Waals surface area contributed by atoms with Gasteiger partial charge >= 0.3 is 0 Å². The van der Waals surface area contributed by atoms with Gasteiger partial charge in [-0.3, -0.25) is 0 Å². The second kappa shape index (κ2) is 8.15. The molecule has 0 aromatic heterocycles. The van der Waals surface area contributed by atoms with Gasteiger partial charge in [0, 0.05) is 17.1 Å². The van der Waals surface area contributed by atoms with Crippen LogP contribution in [0.2, 0.25) is 0 Å². The fourth-order valence-electron chi connectivity index (χ4n) is 1.67. The quantitative estimate of drug-likeness (QED) is 0.445. The number of phenols is 1. The van der Waals surface area contributed by atoms with E-state index in [1.807, 2.05) is 30.3 Å². The summed E-state index contributed by atoms with van der Waals surface area (Å²) >= 11 is 0. The van der Waals surface area contributed by atoms with Gasteiger partial charge in [-0.2, -0.15) is 12.1 Å². The molecule has 1 N–H and O–H groups in total. The molecule has 2 nitrogen and oxygen atoms in total. The normalized spacial score (nSPS) is 9.00. The Bertz CT molecular complexity index is 593. The number of rotatable bonds is 2. The van der Waals surface area contributed by atoms with Gasteiger partial charge in [0.1, 0.15) is 5.78 Å². The Balaban J connectivity index is 0.000000283. The average molecular weight is 306 g/mol. The van der Waals surface area contributed by atoms with Crippen molar-refractivity contribution in [2.45, 2.75) is 0 Å². The van der Waals surface area contributed by atoms with Crippen molar-refractivity contribution in [3.63, 3.8) is 0 Å². The molecule has 0 aliphatic heterocycles. The molecule has 3 heteroatoms. The summed E-state index contributed by atoms with van der Waals surface area (Å²) in [6.45, 7) is 0. The molecule has 0 fully saturated rings. The van der Waals surface area contributed by atoms with Crippen molar-refractivity contribution in [2.75, 3.05) is 0 Å². The molecule has 0 heterocycles. The van der Waals surface area contributed by atoms with Crippen molar-refractivity contribution in [3.05, 3.63) is 90.0 Å². The van der Waals surface area contributed by atoms with Crippen molar-refractivity contribution >= 4 is 5.78 Å². The van der Waals surface area contributed by atoms with Crippen LogP contribution in [0.25, 0.3) is 0 Å². The van der Waals surface area contributed by atoms with E-state index in [0.29, 0.717) is 11.1 Å². The number of para-hydroxylation sites is 1. The number of hydrogen-bond acceptors (Lipinski definition) is 2. The number of phenolic OH excluding ortho intramolecular Hbond substituents is 1. The first-order valence-corrected chi connectivity index (χ1v) is 6.00. The number of carbonyl (C=O) groups excluding carboxylic acids is 1. The van der Waals surface area contributed by atoms with Gasteiger partial charge < -0.3 is 40.2 Å². The Kier molecular flexibility index (Phi) is 6.51. The predicted octanol–water partition coefficient (Wildman–Crippen LogP) is 3.75. The minimum atomic E-state index is -0.145. The van der Waals surface area contributed by atoms with Crippen LogP contribution in [0.1, 0.15) is 15.9 Å². The molecule has 0 atom stereocenters. The van der Waals surface area contributed by atoms with Crippen LogP contribution in [-0.2, 0) is 17.1 Å². The molecule has 0 spiro atoms. The van der Waals surface area contributed by atoms with E-state index in [0.717, 1.165) is 0 Å². The van der Waals surface area contributed by atoms with Gasteiger partial charge in [0.05, 0.1) is 5.75 Å². The molecule has 0 saturated heterocycles. The number of aromatic hydroxyl groups is 1. The van der Waals surface area contributed by atoms with E-state index >= 15 is 0 Å². The number of hydrogen-bond donors (Lipinski definition) is 1. The first-order valence-electron chi connectivity index (χ1n) is 6.00. The van der Waals surface area contributed by atoms with E-state index in [4.69, 9.17) is 0 Å². The zero-order valence-corrected chi connectivity index (χ0v) is 11.8. The molecule has 0 aliphatic rings. The van der Waals surface area contributed by atoms with Gasteiger partial charge in [-0.1, -0.05) is 23.8 Å². The third-order valence-corrected chi connectivity index (χ3v) is 2.63. The number of benzene rings is 1. The van der Waals surface area contributed by atoms with E-state index in [1.54, 1.807) is 42.5 Å². The van der Waals surface area contributed by atoms with Gasteiger partial charge in [0.2, 0.25) is 0 Å².